The maximum Gasteiger partial charge on any atom is 0.271 e. The first kappa shape index (κ1) is 34.2. The Hall–Kier alpha value is -4.13. The maximum absolute atomic E-state index is 14.6. The first-order valence-electron chi connectivity index (χ1n) is 15.3. The van der Waals surface area contributed by atoms with Gasteiger partial charge in [0.15, 0.2) is 0 Å². The van der Waals surface area contributed by atoms with Gasteiger partial charge in [-0.3, -0.25) is 19.3 Å². The van der Waals surface area contributed by atoms with Crippen molar-refractivity contribution in [1.29, 1.82) is 0 Å². The average Bonchev–Trinajstić information content (AvgIpc) is 3.23. The first-order valence-corrected chi connectivity index (χ1v) is 17.1. The standard InChI is InChI=1S/C34H39ClN4O7S/c1-7-46-22-9-13-28-26(17-22)34(5,25-16-21(8-12-27(25)35)19-38-15-14-36-30(40)20-38)32(42)39(28)47(43,44)23-10-11-24(29(18-23)45-6)31(41)37-33(2,3)4/h8-13,16-18H,7,14-15,19-20H2,1-6H3,(H,36,40)(H,37,41). The van der Waals surface area contributed by atoms with Gasteiger partial charge in [-0.15, -0.1) is 0 Å². The summed E-state index contributed by atoms with van der Waals surface area (Å²) in [6, 6.07) is 14.0. The highest BCUT2D eigenvalue weighted by Crippen LogP contribution is 2.51. The summed E-state index contributed by atoms with van der Waals surface area (Å²) in [5.41, 5.74) is -0.128. The Morgan fingerprint density at radius 3 is 2.47 bits per heavy atom. The Morgan fingerprint density at radius 1 is 1.06 bits per heavy atom. The number of sulfonamides is 1. The normalized spacial score (nSPS) is 18.5. The maximum atomic E-state index is 14.6. The summed E-state index contributed by atoms with van der Waals surface area (Å²) < 4.78 is 40.8. The van der Waals surface area contributed by atoms with Crippen molar-refractivity contribution in [2.24, 2.45) is 0 Å². The number of rotatable bonds is 9. The quantitative estimate of drug-likeness (QED) is 0.342. The van der Waals surface area contributed by atoms with E-state index in [9.17, 15) is 22.8 Å². The molecule has 0 bridgehead atoms. The fraction of sp³-hybridized carbons (Fsp3) is 0.382. The number of hydrogen-bond acceptors (Lipinski definition) is 8. The minimum Gasteiger partial charge on any atom is -0.496 e. The second-order valence-electron chi connectivity index (χ2n) is 12.8. The molecule has 2 aliphatic heterocycles. The summed E-state index contributed by atoms with van der Waals surface area (Å²) >= 11 is 6.79. The molecule has 1 atom stereocenters. The van der Waals surface area contributed by atoms with Crippen molar-refractivity contribution in [2.75, 3.05) is 37.7 Å². The average molecular weight is 683 g/mol. The molecule has 2 N–H and O–H groups in total. The minimum absolute atomic E-state index is 0.0382. The molecular weight excluding hydrogens is 644 g/mol. The van der Waals surface area contributed by atoms with Crippen molar-refractivity contribution in [3.8, 4) is 11.5 Å². The zero-order valence-corrected chi connectivity index (χ0v) is 28.8. The van der Waals surface area contributed by atoms with Gasteiger partial charge in [0.25, 0.3) is 21.8 Å². The van der Waals surface area contributed by atoms with Gasteiger partial charge in [0, 0.05) is 41.8 Å². The molecule has 1 fully saturated rings. The first-order chi connectivity index (χ1) is 22.1. The number of halogens is 1. The zero-order chi connectivity index (χ0) is 34.3. The molecule has 0 aromatic heterocycles. The Bertz CT molecular complexity index is 1860. The van der Waals surface area contributed by atoms with Crippen molar-refractivity contribution >= 4 is 45.0 Å². The summed E-state index contributed by atoms with van der Waals surface area (Å²) in [7, 11) is -3.19. The SMILES string of the molecule is CCOc1ccc2c(c1)C(C)(c1cc(CN3CCNC(=O)C3)ccc1Cl)C(=O)N2S(=O)(=O)c1ccc(C(=O)NC(C)(C)C)c(OC)c1. The number of anilines is 1. The van der Waals surface area contributed by atoms with Crippen molar-refractivity contribution in [3.05, 3.63) is 81.9 Å². The molecular formula is C34H39ClN4O7S. The third-order valence-electron chi connectivity index (χ3n) is 8.19. The molecule has 0 aliphatic carbocycles. The van der Waals surface area contributed by atoms with Crippen LogP contribution in [0.25, 0.3) is 0 Å². The van der Waals surface area contributed by atoms with E-state index in [1.54, 1.807) is 37.3 Å². The van der Waals surface area contributed by atoms with Gasteiger partial charge in [0.2, 0.25) is 5.91 Å². The lowest BCUT2D eigenvalue weighted by Gasteiger charge is -2.29. The Balaban J connectivity index is 1.61. The number of benzene rings is 3. The van der Waals surface area contributed by atoms with E-state index in [4.69, 9.17) is 21.1 Å². The van der Waals surface area contributed by atoms with Crippen LogP contribution in [0.3, 0.4) is 0 Å². The molecule has 47 heavy (non-hydrogen) atoms. The summed E-state index contributed by atoms with van der Waals surface area (Å²) in [6.07, 6.45) is 0. The van der Waals surface area contributed by atoms with E-state index in [0.717, 1.165) is 9.87 Å². The van der Waals surface area contributed by atoms with Crippen LogP contribution in [0.1, 0.15) is 61.7 Å². The monoisotopic (exact) mass is 682 g/mol. The number of amides is 3. The smallest absolute Gasteiger partial charge is 0.271 e. The number of nitrogens with zero attached hydrogens (tertiary/aromatic N) is 2. The van der Waals surface area contributed by atoms with E-state index in [1.165, 1.54) is 25.3 Å². The minimum atomic E-state index is -4.53. The molecule has 3 aromatic carbocycles. The number of nitrogens with one attached hydrogen (secondary N) is 2. The molecule has 2 aliphatic rings. The predicted molar refractivity (Wildman–Crippen MR) is 179 cm³/mol. The second kappa shape index (κ2) is 12.8. The molecule has 1 saturated heterocycles. The largest absolute Gasteiger partial charge is 0.496 e. The Morgan fingerprint density at radius 2 is 1.81 bits per heavy atom. The molecule has 13 heteroatoms. The van der Waals surface area contributed by atoms with Crippen LogP contribution in [0.15, 0.2) is 59.5 Å². The van der Waals surface area contributed by atoms with Crippen LogP contribution in [-0.4, -0.2) is 69.9 Å². The molecule has 5 rings (SSSR count). The fourth-order valence-electron chi connectivity index (χ4n) is 5.95. The van der Waals surface area contributed by atoms with Crippen LogP contribution in [0.5, 0.6) is 11.5 Å². The molecule has 3 aromatic rings. The van der Waals surface area contributed by atoms with E-state index in [2.05, 4.69) is 10.6 Å². The van der Waals surface area contributed by atoms with Crippen molar-refractivity contribution in [1.82, 2.24) is 15.5 Å². The molecule has 0 saturated carbocycles. The molecule has 2 heterocycles. The summed E-state index contributed by atoms with van der Waals surface area (Å²) in [6.45, 7) is 11.2. The summed E-state index contributed by atoms with van der Waals surface area (Å²) in [5.74, 6) is -0.730. The highest BCUT2D eigenvalue weighted by atomic mass is 35.5. The van der Waals surface area contributed by atoms with Crippen LogP contribution in [0.4, 0.5) is 5.69 Å². The van der Waals surface area contributed by atoms with Crippen molar-refractivity contribution in [2.45, 2.75) is 57.0 Å². The summed E-state index contributed by atoms with van der Waals surface area (Å²) in [4.78, 5) is 41.3. The fourth-order valence-corrected chi connectivity index (χ4v) is 7.78. The van der Waals surface area contributed by atoms with Gasteiger partial charge in [-0.2, -0.15) is 0 Å². The van der Waals surface area contributed by atoms with Crippen LogP contribution >= 0.6 is 11.6 Å². The molecule has 250 valence electrons. The molecule has 0 spiro atoms. The third kappa shape index (κ3) is 6.54. The van der Waals surface area contributed by atoms with Gasteiger partial charge >= 0.3 is 0 Å². The highest BCUT2D eigenvalue weighted by Gasteiger charge is 2.54. The van der Waals surface area contributed by atoms with Crippen LogP contribution in [0, 0.1) is 0 Å². The van der Waals surface area contributed by atoms with E-state index in [0.29, 0.717) is 43.1 Å². The van der Waals surface area contributed by atoms with Gasteiger partial charge in [-0.25, -0.2) is 12.7 Å². The molecule has 1 unspecified atom stereocenters. The van der Waals surface area contributed by atoms with Crippen LogP contribution < -0.4 is 24.4 Å². The van der Waals surface area contributed by atoms with Crippen molar-refractivity contribution in [3.63, 3.8) is 0 Å². The van der Waals surface area contributed by atoms with Gasteiger partial charge < -0.3 is 20.1 Å². The van der Waals surface area contributed by atoms with E-state index in [-0.39, 0.29) is 39.4 Å². The van der Waals surface area contributed by atoms with Gasteiger partial charge in [0.1, 0.15) is 16.9 Å². The number of carbonyl (C=O) groups is 3. The lowest BCUT2D eigenvalue weighted by Crippen LogP contribution is -2.47. The van der Waals surface area contributed by atoms with Gasteiger partial charge in [0.05, 0.1) is 36.4 Å². The van der Waals surface area contributed by atoms with E-state index >= 15 is 0 Å². The van der Waals surface area contributed by atoms with Crippen LogP contribution in [0.2, 0.25) is 5.02 Å². The Kier molecular flexibility index (Phi) is 9.33. The second-order valence-corrected chi connectivity index (χ2v) is 14.9. The molecule has 0 radical (unpaired) electrons. The Labute approximate surface area is 280 Å². The topological polar surface area (TPSA) is 134 Å². The highest BCUT2D eigenvalue weighted by molar-refractivity contribution is 7.93. The van der Waals surface area contributed by atoms with E-state index in [1.807, 2.05) is 38.7 Å². The predicted octanol–water partition coefficient (Wildman–Crippen LogP) is 4.25. The molecule has 3 amide bonds. The third-order valence-corrected chi connectivity index (χ3v) is 10.2. The van der Waals surface area contributed by atoms with E-state index < -0.39 is 32.8 Å². The number of hydrogen-bond donors (Lipinski definition) is 2. The lowest BCUT2D eigenvalue weighted by molar-refractivity contribution is -0.124. The van der Waals surface area contributed by atoms with Crippen molar-refractivity contribution < 1.29 is 32.3 Å². The number of piperazine rings is 1. The summed E-state index contributed by atoms with van der Waals surface area (Å²) in [5, 5.41) is 5.94. The zero-order valence-electron chi connectivity index (χ0n) is 27.3. The van der Waals surface area contributed by atoms with Gasteiger partial charge in [-0.05, 0) is 82.1 Å². The lowest BCUT2D eigenvalue weighted by atomic mass is 9.76. The number of fused-ring (bicyclic) bond motifs is 1. The van der Waals surface area contributed by atoms with Gasteiger partial charge in [-0.1, -0.05) is 23.7 Å². The number of carbonyl (C=O) groups excluding carboxylic acids is 3. The number of methoxy groups -OCH3 is 1. The number of ether oxygens (including phenoxy) is 2. The molecule has 11 nitrogen and oxygen atoms in total. The van der Waals surface area contributed by atoms with Crippen LogP contribution in [-0.2, 0) is 31.6 Å².